The molecule has 0 atom stereocenters. The molecule has 1 N–H and O–H groups in total. The molecule has 26 heavy (non-hydrogen) atoms. The van der Waals surface area contributed by atoms with Gasteiger partial charge in [-0.2, -0.15) is 0 Å². The Kier molecular flexibility index (Phi) is 5.86. The fourth-order valence-corrected chi connectivity index (χ4v) is 2.79. The number of rotatable bonds is 8. The Hall–Kier alpha value is -2.86. The minimum Gasteiger partial charge on any atom is -0.461 e. The van der Waals surface area contributed by atoms with E-state index in [0.29, 0.717) is 24.6 Å². The van der Waals surface area contributed by atoms with Crippen LogP contribution in [-0.4, -0.2) is 29.1 Å². The molecule has 0 aliphatic heterocycles. The molecule has 0 aliphatic carbocycles. The Morgan fingerprint density at radius 3 is 2.77 bits per heavy atom. The molecule has 0 saturated carbocycles. The standard InChI is InChI=1S/C20H23N3O3/c1-3-10-23(14-20(24)21-17-8-5-4-7-15(17)2)13-16-12-19(26-22-16)18-9-6-11-25-18/h4-9,11-12H,3,10,13-14H2,1-2H3,(H,21,24). The van der Waals surface area contributed by atoms with Gasteiger partial charge < -0.3 is 14.3 Å². The van der Waals surface area contributed by atoms with E-state index in [0.717, 1.165) is 29.9 Å². The third-order valence-corrected chi connectivity index (χ3v) is 4.03. The lowest BCUT2D eigenvalue weighted by Gasteiger charge is -2.20. The van der Waals surface area contributed by atoms with Crippen molar-refractivity contribution in [3.8, 4) is 11.5 Å². The van der Waals surface area contributed by atoms with Crippen molar-refractivity contribution in [3.63, 3.8) is 0 Å². The van der Waals surface area contributed by atoms with Crippen LogP contribution in [0, 0.1) is 6.92 Å². The number of benzene rings is 1. The zero-order valence-corrected chi connectivity index (χ0v) is 15.1. The van der Waals surface area contributed by atoms with Crippen molar-refractivity contribution >= 4 is 11.6 Å². The predicted molar refractivity (Wildman–Crippen MR) is 99.6 cm³/mol. The molecule has 2 aromatic heterocycles. The summed E-state index contributed by atoms with van der Waals surface area (Å²) in [4.78, 5) is 14.5. The molecule has 0 fully saturated rings. The Bertz CT molecular complexity index is 840. The van der Waals surface area contributed by atoms with Crippen LogP contribution in [0.5, 0.6) is 0 Å². The molecule has 6 nitrogen and oxygen atoms in total. The Morgan fingerprint density at radius 1 is 1.19 bits per heavy atom. The maximum atomic E-state index is 12.4. The lowest BCUT2D eigenvalue weighted by molar-refractivity contribution is -0.117. The van der Waals surface area contributed by atoms with E-state index in [1.165, 1.54) is 0 Å². The summed E-state index contributed by atoms with van der Waals surface area (Å²) in [6, 6.07) is 13.2. The summed E-state index contributed by atoms with van der Waals surface area (Å²) in [7, 11) is 0. The minimum atomic E-state index is -0.0393. The van der Waals surface area contributed by atoms with E-state index in [9.17, 15) is 4.79 Å². The van der Waals surface area contributed by atoms with Gasteiger partial charge in [0.15, 0.2) is 5.76 Å². The average molecular weight is 353 g/mol. The summed E-state index contributed by atoms with van der Waals surface area (Å²) in [5.74, 6) is 1.19. The molecule has 0 aliphatic rings. The minimum absolute atomic E-state index is 0.0393. The summed E-state index contributed by atoms with van der Waals surface area (Å²) >= 11 is 0. The fraction of sp³-hybridized carbons (Fsp3) is 0.300. The lowest BCUT2D eigenvalue weighted by Crippen LogP contribution is -2.33. The number of furan rings is 1. The van der Waals surface area contributed by atoms with Gasteiger partial charge >= 0.3 is 0 Å². The first-order valence-corrected chi connectivity index (χ1v) is 8.73. The zero-order chi connectivity index (χ0) is 18.4. The molecule has 6 heteroatoms. The van der Waals surface area contributed by atoms with Gasteiger partial charge in [-0.3, -0.25) is 9.69 Å². The zero-order valence-electron chi connectivity index (χ0n) is 15.1. The SMILES string of the molecule is CCCN(CC(=O)Nc1ccccc1C)Cc1cc(-c2ccco2)on1. The van der Waals surface area contributed by atoms with Gasteiger partial charge in [0.05, 0.1) is 18.5 Å². The number of para-hydroxylation sites is 1. The van der Waals surface area contributed by atoms with E-state index in [4.69, 9.17) is 8.94 Å². The van der Waals surface area contributed by atoms with Crippen molar-refractivity contribution in [2.45, 2.75) is 26.8 Å². The van der Waals surface area contributed by atoms with E-state index in [-0.39, 0.29) is 5.91 Å². The second kappa shape index (κ2) is 8.49. The molecule has 0 unspecified atom stereocenters. The second-order valence-electron chi connectivity index (χ2n) is 6.23. The highest BCUT2D eigenvalue weighted by molar-refractivity contribution is 5.92. The number of aromatic nitrogens is 1. The molecular weight excluding hydrogens is 330 g/mol. The second-order valence-corrected chi connectivity index (χ2v) is 6.23. The molecule has 136 valence electrons. The molecule has 0 radical (unpaired) electrons. The first-order chi connectivity index (χ1) is 12.7. The summed E-state index contributed by atoms with van der Waals surface area (Å²) in [5, 5.41) is 7.06. The Balaban J connectivity index is 1.62. The van der Waals surface area contributed by atoms with Gasteiger partial charge in [0, 0.05) is 18.3 Å². The predicted octanol–water partition coefficient (Wildman–Crippen LogP) is 4.09. The van der Waals surface area contributed by atoms with Crippen LogP contribution in [-0.2, 0) is 11.3 Å². The van der Waals surface area contributed by atoms with Crippen molar-refractivity contribution in [3.05, 3.63) is 60.0 Å². The van der Waals surface area contributed by atoms with E-state index in [2.05, 4.69) is 22.3 Å². The summed E-state index contributed by atoms with van der Waals surface area (Å²) in [5.41, 5.74) is 2.66. The number of hydrogen-bond donors (Lipinski definition) is 1. The number of amides is 1. The smallest absolute Gasteiger partial charge is 0.238 e. The van der Waals surface area contributed by atoms with Gasteiger partial charge in [-0.05, 0) is 43.7 Å². The number of carbonyl (C=O) groups is 1. The largest absolute Gasteiger partial charge is 0.461 e. The van der Waals surface area contributed by atoms with E-state index < -0.39 is 0 Å². The van der Waals surface area contributed by atoms with Crippen molar-refractivity contribution in [1.29, 1.82) is 0 Å². The third-order valence-electron chi connectivity index (χ3n) is 4.03. The number of carbonyl (C=O) groups excluding carboxylic acids is 1. The number of nitrogens with zero attached hydrogens (tertiary/aromatic N) is 2. The van der Waals surface area contributed by atoms with Gasteiger partial charge in [-0.25, -0.2) is 0 Å². The summed E-state index contributed by atoms with van der Waals surface area (Å²) in [6.45, 7) is 5.70. The van der Waals surface area contributed by atoms with Gasteiger partial charge in [0.1, 0.15) is 0 Å². The molecule has 2 heterocycles. The fourth-order valence-electron chi connectivity index (χ4n) is 2.79. The van der Waals surface area contributed by atoms with Crippen molar-refractivity contribution in [1.82, 2.24) is 10.1 Å². The third kappa shape index (κ3) is 4.61. The molecular formula is C20H23N3O3. The normalized spacial score (nSPS) is 11.0. The summed E-state index contributed by atoms with van der Waals surface area (Å²) < 4.78 is 10.6. The summed E-state index contributed by atoms with van der Waals surface area (Å²) in [6.07, 6.45) is 2.54. The Morgan fingerprint density at radius 2 is 2.04 bits per heavy atom. The number of anilines is 1. The van der Waals surface area contributed by atoms with E-state index in [1.54, 1.807) is 12.3 Å². The first-order valence-electron chi connectivity index (χ1n) is 8.73. The van der Waals surface area contributed by atoms with Crippen LogP contribution < -0.4 is 5.32 Å². The van der Waals surface area contributed by atoms with Gasteiger partial charge in [-0.15, -0.1) is 0 Å². The topological polar surface area (TPSA) is 71.5 Å². The number of aryl methyl sites for hydroxylation is 1. The Labute approximate surface area is 152 Å². The molecule has 0 bridgehead atoms. The molecule has 0 spiro atoms. The number of hydrogen-bond acceptors (Lipinski definition) is 5. The van der Waals surface area contributed by atoms with Crippen molar-refractivity contribution < 1.29 is 13.7 Å². The van der Waals surface area contributed by atoms with E-state index in [1.807, 2.05) is 43.3 Å². The van der Waals surface area contributed by atoms with Gasteiger partial charge in [0.2, 0.25) is 11.7 Å². The highest BCUT2D eigenvalue weighted by Crippen LogP contribution is 2.21. The van der Waals surface area contributed by atoms with Gasteiger partial charge in [0.25, 0.3) is 0 Å². The van der Waals surface area contributed by atoms with Crippen LogP contribution in [0.25, 0.3) is 11.5 Å². The number of nitrogens with one attached hydrogen (secondary N) is 1. The first kappa shape index (κ1) is 17.9. The van der Waals surface area contributed by atoms with Crippen LogP contribution in [0.3, 0.4) is 0 Å². The maximum Gasteiger partial charge on any atom is 0.238 e. The average Bonchev–Trinajstić information content (AvgIpc) is 3.28. The highest BCUT2D eigenvalue weighted by atomic mass is 16.5. The van der Waals surface area contributed by atoms with Crippen LogP contribution in [0.15, 0.2) is 57.7 Å². The lowest BCUT2D eigenvalue weighted by atomic mass is 10.2. The van der Waals surface area contributed by atoms with Crippen LogP contribution >= 0.6 is 0 Å². The molecule has 0 saturated heterocycles. The molecule has 3 rings (SSSR count). The van der Waals surface area contributed by atoms with Crippen molar-refractivity contribution in [2.75, 3.05) is 18.4 Å². The maximum absolute atomic E-state index is 12.4. The molecule has 1 aromatic carbocycles. The van der Waals surface area contributed by atoms with Gasteiger partial charge in [-0.1, -0.05) is 30.3 Å². The van der Waals surface area contributed by atoms with Crippen molar-refractivity contribution in [2.24, 2.45) is 0 Å². The quantitative estimate of drug-likeness (QED) is 0.660. The monoisotopic (exact) mass is 353 g/mol. The molecule has 3 aromatic rings. The van der Waals surface area contributed by atoms with E-state index >= 15 is 0 Å². The van der Waals surface area contributed by atoms with Crippen LogP contribution in [0.1, 0.15) is 24.6 Å². The van der Waals surface area contributed by atoms with Crippen LogP contribution in [0.2, 0.25) is 0 Å². The molecule has 1 amide bonds. The highest BCUT2D eigenvalue weighted by Gasteiger charge is 2.15. The van der Waals surface area contributed by atoms with Crippen LogP contribution in [0.4, 0.5) is 5.69 Å².